The number of hydrogen-bond acceptors (Lipinski definition) is 5. The van der Waals surface area contributed by atoms with Crippen molar-refractivity contribution in [3.05, 3.63) is 48.3 Å². The van der Waals surface area contributed by atoms with E-state index < -0.39 is 0 Å². The topological polar surface area (TPSA) is 78.9 Å². The zero-order valence-electron chi connectivity index (χ0n) is 15.0. The molecule has 26 heavy (non-hydrogen) atoms. The fourth-order valence-corrected chi connectivity index (χ4v) is 3.22. The standard InChI is InChI=1S/C19H25N3O4/c1-21-10-7-15(8-11-21)22(14-16-4-2-12-25-16)18(23)6-9-20-19(24)17-5-3-13-26-17/h2-5,12-13,15H,6-11,14H2,1H3,(H,20,24). The van der Waals surface area contributed by atoms with E-state index in [2.05, 4.69) is 17.3 Å². The molecule has 1 aliphatic rings. The number of nitrogens with zero attached hydrogens (tertiary/aromatic N) is 2. The Morgan fingerprint density at radius 3 is 2.58 bits per heavy atom. The molecule has 140 valence electrons. The predicted octanol–water partition coefficient (Wildman–Crippen LogP) is 2.12. The van der Waals surface area contributed by atoms with Crippen LogP contribution in [0.3, 0.4) is 0 Å². The average Bonchev–Trinajstić information content (AvgIpc) is 3.34. The summed E-state index contributed by atoms with van der Waals surface area (Å²) in [5.41, 5.74) is 0. The summed E-state index contributed by atoms with van der Waals surface area (Å²) in [4.78, 5) is 28.9. The molecule has 1 fully saturated rings. The number of rotatable bonds is 7. The summed E-state index contributed by atoms with van der Waals surface area (Å²) in [6, 6.07) is 7.17. The second-order valence-electron chi connectivity index (χ2n) is 6.62. The monoisotopic (exact) mass is 359 g/mol. The van der Waals surface area contributed by atoms with Gasteiger partial charge in [-0.3, -0.25) is 9.59 Å². The van der Waals surface area contributed by atoms with Crippen molar-refractivity contribution >= 4 is 11.8 Å². The quantitative estimate of drug-likeness (QED) is 0.819. The summed E-state index contributed by atoms with van der Waals surface area (Å²) in [5.74, 6) is 0.743. The average molecular weight is 359 g/mol. The van der Waals surface area contributed by atoms with Crippen LogP contribution in [0.15, 0.2) is 45.6 Å². The summed E-state index contributed by atoms with van der Waals surface area (Å²) in [6.45, 7) is 2.69. The van der Waals surface area contributed by atoms with Crippen LogP contribution < -0.4 is 5.32 Å². The first-order valence-corrected chi connectivity index (χ1v) is 8.95. The normalized spacial score (nSPS) is 15.7. The molecule has 2 amide bonds. The van der Waals surface area contributed by atoms with Gasteiger partial charge in [0.2, 0.25) is 5.91 Å². The Balaban J connectivity index is 1.56. The van der Waals surface area contributed by atoms with Crippen LogP contribution in [-0.4, -0.2) is 54.3 Å². The van der Waals surface area contributed by atoms with E-state index >= 15 is 0 Å². The van der Waals surface area contributed by atoms with Crippen LogP contribution in [0.5, 0.6) is 0 Å². The van der Waals surface area contributed by atoms with Crippen LogP contribution in [0.2, 0.25) is 0 Å². The molecule has 1 saturated heterocycles. The highest BCUT2D eigenvalue weighted by Gasteiger charge is 2.27. The van der Waals surface area contributed by atoms with E-state index in [1.165, 1.54) is 6.26 Å². The Morgan fingerprint density at radius 2 is 1.92 bits per heavy atom. The number of likely N-dealkylation sites (tertiary alicyclic amines) is 1. The minimum absolute atomic E-state index is 0.0238. The summed E-state index contributed by atoms with van der Waals surface area (Å²) < 4.78 is 10.5. The summed E-state index contributed by atoms with van der Waals surface area (Å²) in [6.07, 6.45) is 5.21. The summed E-state index contributed by atoms with van der Waals surface area (Å²) in [5, 5.41) is 2.73. The smallest absolute Gasteiger partial charge is 0.286 e. The Bertz CT molecular complexity index is 688. The molecule has 3 rings (SSSR count). The predicted molar refractivity (Wildman–Crippen MR) is 95.4 cm³/mol. The number of furan rings is 2. The molecule has 7 nitrogen and oxygen atoms in total. The highest BCUT2D eigenvalue weighted by molar-refractivity contribution is 5.91. The maximum Gasteiger partial charge on any atom is 0.286 e. The van der Waals surface area contributed by atoms with Crippen molar-refractivity contribution in [2.45, 2.75) is 31.8 Å². The van der Waals surface area contributed by atoms with Gasteiger partial charge in [-0.1, -0.05) is 0 Å². The third-order valence-corrected chi connectivity index (χ3v) is 4.72. The van der Waals surface area contributed by atoms with Crippen molar-refractivity contribution in [1.29, 1.82) is 0 Å². The highest BCUT2D eigenvalue weighted by atomic mass is 16.3. The zero-order valence-corrected chi connectivity index (χ0v) is 15.0. The lowest BCUT2D eigenvalue weighted by atomic mass is 10.0. The molecule has 0 aromatic carbocycles. The lowest BCUT2D eigenvalue weighted by Gasteiger charge is -2.37. The van der Waals surface area contributed by atoms with Crippen LogP contribution in [0.1, 0.15) is 35.6 Å². The van der Waals surface area contributed by atoms with E-state index in [0.29, 0.717) is 6.54 Å². The molecule has 0 spiro atoms. The van der Waals surface area contributed by atoms with Crippen LogP contribution in [0, 0.1) is 0 Å². The third-order valence-electron chi connectivity index (χ3n) is 4.72. The van der Waals surface area contributed by atoms with Gasteiger partial charge in [0.15, 0.2) is 5.76 Å². The Morgan fingerprint density at radius 1 is 1.19 bits per heavy atom. The molecule has 2 aromatic heterocycles. The lowest BCUT2D eigenvalue weighted by Crippen LogP contribution is -2.46. The van der Waals surface area contributed by atoms with Crippen molar-refractivity contribution in [2.75, 3.05) is 26.7 Å². The second-order valence-corrected chi connectivity index (χ2v) is 6.62. The van der Waals surface area contributed by atoms with Crippen LogP contribution >= 0.6 is 0 Å². The van der Waals surface area contributed by atoms with Crippen LogP contribution in [0.4, 0.5) is 0 Å². The van der Waals surface area contributed by atoms with E-state index in [1.54, 1.807) is 18.4 Å². The van der Waals surface area contributed by atoms with Crippen molar-refractivity contribution in [1.82, 2.24) is 15.1 Å². The van der Waals surface area contributed by atoms with Gasteiger partial charge in [-0.15, -0.1) is 0 Å². The molecule has 2 aromatic rings. The lowest BCUT2D eigenvalue weighted by molar-refractivity contribution is -0.135. The van der Waals surface area contributed by atoms with Gasteiger partial charge < -0.3 is 24.0 Å². The van der Waals surface area contributed by atoms with E-state index in [4.69, 9.17) is 8.83 Å². The molecule has 0 radical (unpaired) electrons. The maximum absolute atomic E-state index is 12.8. The van der Waals surface area contributed by atoms with Crippen molar-refractivity contribution in [3.63, 3.8) is 0 Å². The molecule has 0 atom stereocenters. The van der Waals surface area contributed by atoms with Gasteiger partial charge in [0.1, 0.15) is 5.76 Å². The SMILES string of the molecule is CN1CCC(N(Cc2ccco2)C(=O)CCNC(=O)c2ccco2)CC1. The number of carbonyl (C=O) groups excluding carboxylic acids is 2. The fourth-order valence-electron chi connectivity index (χ4n) is 3.22. The van der Waals surface area contributed by atoms with Gasteiger partial charge in [0, 0.05) is 19.0 Å². The molecule has 1 N–H and O–H groups in total. The van der Waals surface area contributed by atoms with Gasteiger partial charge >= 0.3 is 0 Å². The zero-order chi connectivity index (χ0) is 18.4. The largest absolute Gasteiger partial charge is 0.467 e. The van der Waals surface area contributed by atoms with Crippen molar-refractivity contribution < 1.29 is 18.4 Å². The fraction of sp³-hybridized carbons (Fsp3) is 0.474. The summed E-state index contributed by atoms with van der Waals surface area (Å²) in [7, 11) is 2.10. The van der Waals surface area contributed by atoms with Crippen LogP contribution in [0.25, 0.3) is 0 Å². The van der Waals surface area contributed by atoms with E-state index in [-0.39, 0.29) is 36.6 Å². The minimum Gasteiger partial charge on any atom is -0.467 e. The van der Waals surface area contributed by atoms with E-state index in [0.717, 1.165) is 31.7 Å². The maximum atomic E-state index is 12.8. The first-order valence-electron chi connectivity index (χ1n) is 8.95. The molecule has 3 heterocycles. The molecule has 0 unspecified atom stereocenters. The van der Waals surface area contributed by atoms with E-state index in [9.17, 15) is 9.59 Å². The third kappa shape index (κ3) is 4.76. The Labute approximate surface area is 152 Å². The molecule has 0 bridgehead atoms. The molecule has 0 saturated carbocycles. The van der Waals surface area contributed by atoms with Gasteiger partial charge in [-0.05, 0) is 57.2 Å². The van der Waals surface area contributed by atoms with Gasteiger partial charge in [0.05, 0.1) is 19.1 Å². The molecular weight excluding hydrogens is 334 g/mol. The first-order chi connectivity index (χ1) is 12.6. The number of carbonyl (C=O) groups is 2. The van der Waals surface area contributed by atoms with Gasteiger partial charge in [-0.2, -0.15) is 0 Å². The second kappa shape index (κ2) is 8.71. The first kappa shape index (κ1) is 18.3. The number of nitrogens with one attached hydrogen (secondary N) is 1. The van der Waals surface area contributed by atoms with Gasteiger partial charge in [0.25, 0.3) is 5.91 Å². The van der Waals surface area contributed by atoms with Crippen molar-refractivity contribution in [3.8, 4) is 0 Å². The number of hydrogen-bond donors (Lipinski definition) is 1. The number of amides is 2. The van der Waals surface area contributed by atoms with Crippen molar-refractivity contribution in [2.24, 2.45) is 0 Å². The molecular formula is C19H25N3O4. The highest BCUT2D eigenvalue weighted by Crippen LogP contribution is 2.19. The Kier molecular flexibility index (Phi) is 6.12. The van der Waals surface area contributed by atoms with E-state index in [1.807, 2.05) is 17.0 Å². The minimum atomic E-state index is -0.306. The van der Waals surface area contributed by atoms with Crippen LogP contribution in [-0.2, 0) is 11.3 Å². The molecule has 1 aliphatic heterocycles. The molecule has 7 heteroatoms. The Hall–Kier alpha value is -2.54. The summed E-state index contributed by atoms with van der Waals surface area (Å²) >= 11 is 0. The molecule has 0 aliphatic carbocycles. The number of piperidine rings is 1. The van der Waals surface area contributed by atoms with Gasteiger partial charge in [-0.25, -0.2) is 0 Å².